The zero-order valence-corrected chi connectivity index (χ0v) is 11.4. The van der Waals surface area contributed by atoms with Gasteiger partial charge in [0.25, 0.3) is 0 Å². The number of halogens is 1. The average molecular weight is 298 g/mol. The van der Waals surface area contributed by atoms with E-state index in [0.29, 0.717) is 13.1 Å². The maximum Gasteiger partial charge on any atom is 0.317 e. The molecule has 0 aliphatic rings. The van der Waals surface area contributed by atoms with Crippen molar-refractivity contribution in [2.24, 2.45) is 0 Å². The average Bonchev–Trinajstić information content (AvgIpc) is 2.21. The van der Waals surface area contributed by atoms with Crippen molar-refractivity contribution in [2.45, 2.75) is 13.5 Å². The largest absolute Gasteiger partial charge is 0.480 e. The molecule has 1 aromatic carbocycles. The Hall–Kier alpha value is -1.13. The minimum absolute atomic E-state index is 0.0202. The monoisotopic (exact) mass is 297 g/mol. The molecule has 92 valence electrons. The van der Waals surface area contributed by atoms with Gasteiger partial charge in [-0.1, -0.05) is 34.1 Å². The first-order valence-corrected chi connectivity index (χ1v) is 6.12. The fourth-order valence-electron chi connectivity index (χ4n) is 1.58. The van der Waals surface area contributed by atoms with Gasteiger partial charge >= 0.3 is 5.97 Å². The van der Waals surface area contributed by atoms with Crippen molar-refractivity contribution in [3.8, 4) is 0 Å². The lowest BCUT2D eigenvalue weighted by Gasteiger charge is -2.19. The highest BCUT2D eigenvalue weighted by Crippen LogP contribution is 2.19. The van der Waals surface area contributed by atoms with E-state index in [0.717, 1.165) is 10.0 Å². The number of carboxylic acid groups (broad SMARTS) is 1. The molecule has 0 bridgehead atoms. The zero-order valence-electron chi connectivity index (χ0n) is 9.82. The van der Waals surface area contributed by atoms with E-state index in [1.54, 1.807) is 6.08 Å². The van der Waals surface area contributed by atoms with Crippen molar-refractivity contribution in [1.82, 2.24) is 4.90 Å². The number of rotatable bonds is 6. The molecule has 0 aromatic heterocycles. The van der Waals surface area contributed by atoms with Gasteiger partial charge in [-0.2, -0.15) is 0 Å². The van der Waals surface area contributed by atoms with Crippen LogP contribution in [0.3, 0.4) is 0 Å². The van der Waals surface area contributed by atoms with Crippen LogP contribution in [0.25, 0.3) is 0 Å². The van der Waals surface area contributed by atoms with Crippen LogP contribution in [0.5, 0.6) is 0 Å². The molecule has 3 nitrogen and oxygen atoms in total. The SMILES string of the molecule is C=CCN(CC(=O)O)Cc1ccc(C)cc1Br. The predicted octanol–water partition coefficient (Wildman–Crippen LogP) is 2.83. The fourth-order valence-corrected chi connectivity index (χ4v) is 2.20. The number of carboxylic acids is 1. The van der Waals surface area contributed by atoms with Gasteiger partial charge in [0.1, 0.15) is 0 Å². The maximum absolute atomic E-state index is 10.7. The molecular weight excluding hydrogens is 282 g/mol. The van der Waals surface area contributed by atoms with Crippen molar-refractivity contribution >= 4 is 21.9 Å². The van der Waals surface area contributed by atoms with Crippen LogP contribution in [-0.2, 0) is 11.3 Å². The zero-order chi connectivity index (χ0) is 12.8. The Labute approximate surface area is 110 Å². The number of aliphatic carboxylic acids is 1. The molecule has 1 N–H and O–H groups in total. The van der Waals surface area contributed by atoms with E-state index < -0.39 is 5.97 Å². The highest BCUT2D eigenvalue weighted by molar-refractivity contribution is 9.10. The summed E-state index contributed by atoms with van der Waals surface area (Å²) in [6, 6.07) is 6.06. The number of hydrogen-bond donors (Lipinski definition) is 1. The lowest BCUT2D eigenvalue weighted by atomic mass is 10.1. The third-order valence-corrected chi connectivity index (χ3v) is 3.09. The van der Waals surface area contributed by atoms with Crippen LogP contribution >= 0.6 is 15.9 Å². The standard InChI is InChI=1S/C13H16BrNO2/c1-3-6-15(9-13(16)17)8-11-5-4-10(2)7-12(11)14/h3-5,7H,1,6,8-9H2,2H3,(H,16,17). The molecule has 0 spiro atoms. The van der Waals surface area contributed by atoms with Crippen molar-refractivity contribution in [3.05, 3.63) is 46.5 Å². The second-order valence-corrected chi connectivity index (χ2v) is 4.80. The molecule has 0 amide bonds. The third kappa shape index (κ3) is 4.71. The summed E-state index contributed by atoms with van der Waals surface area (Å²) < 4.78 is 1.01. The number of hydrogen-bond acceptors (Lipinski definition) is 2. The molecule has 0 aliphatic heterocycles. The second kappa shape index (κ2) is 6.57. The topological polar surface area (TPSA) is 40.5 Å². The number of benzene rings is 1. The summed E-state index contributed by atoms with van der Waals surface area (Å²) in [5, 5.41) is 8.81. The Morgan fingerprint density at radius 2 is 2.29 bits per heavy atom. The van der Waals surface area contributed by atoms with Gasteiger partial charge in [0.15, 0.2) is 0 Å². The molecule has 0 atom stereocenters. The number of aryl methyl sites for hydroxylation is 1. The Bertz CT molecular complexity index is 418. The van der Waals surface area contributed by atoms with Crippen molar-refractivity contribution in [3.63, 3.8) is 0 Å². The minimum atomic E-state index is -0.824. The highest BCUT2D eigenvalue weighted by atomic mass is 79.9. The van der Waals surface area contributed by atoms with Crippen LogP contribution in [0, 0.1) is 6.92 Å². The summed E-state index contributed by atoms with van der Waals surface area (Å²) in [7, 11) is 0. The fraction of sp³-hybridized carbons (Fsp3) is 0.308. The molecular formula is C13H16BrNO2. The van der Waals surface area contributed by atoms with Crippen LogP contribution in [-0.4, -0.2) is 29.1 Å². The predicted molar refractivity (Wildman–Crippen MR) is 72.0 cm³/mol. The molecule has 0 saturated carbocycles. The first-order valence-electron chi connectivity index (χ1n) is 5.33. The van der Waals surface area contributed by atoms with Gasteiger partial charge in [0.2, 0.25) is 0 Å². The van der Waals surface area contributed by atoms with Gasteiger partial charge in [-0.15, -0.1) is 6.58 Å². The Balaban J connectivity index is 2.77. The lowest BCUT2D eigenvalue weighted by Crippen LogP contribution is -2.29. The van der Waals surface area contributed by atoms with Gasteiger partial charge in [-0.25, -0.2) is 0 Å². The Kier molecular flexibility index (Phi) is 5.38. The van der Waals surface area contributed by atoms with Gasteiger partial charge < -0.3 is 5.11 Å². The van der Waals surface area contributed by atoms with Gasteiger partial charge in [0.05, 0.1) is 6.54 Å². The van der Waals surface area contributed by atoms with Crippen LogP contribution in [0.1, 0.15) is 11.1 Å². The summed E-state index contributed by atoms with van der Waals surface area (Å²) in [4.78, 5) is 12.6. The molecule has 1 rings (SSSR count). The van der Waals surface area contributed by atoms with Crippen molar-refractivity contribution in [1.29, 1.82) is 0 Å². The van der Waals surface area contributed by atoms with Crippen LogP contribution in [0.4, 0.5) is 0 Å². The van der Waals surface area contributed by atoms with Crippen LogP contribution in [0.15, 0.2) is 35.3 Å². The van der Waals surface area contributed by atoms with E-state index >= 15 is 0 Å². The number of carbonyl (C=O) groups is 1. The summed E-state index contributed by atoms with van der Waals surface area (Å²) in [5.74, 6) is -0.824. The van der Waals surface area contributed by atoms with E-state index in [1.807, 2.05) is 30.0 Å². The van der Waals surface area contributed by atoms with E-state index in [1.165, 1.54) is 5.56 Å². The molecule has 4 heteroatoms. The van der Waals surface area contributed by atoms with E-state index in [9.17, 15) is 4.79 Å². The van der Waals surface area contributed by atoms with Gasteiger partial charge in [0, 0.05) is 17.6 Å². The van der Waals surface area contributed by atoms with Gasteiger partial charge in [-0.3, -0.25) is 9.69 Å². The van der Waals surface area contributed by atoms with Gasteiger partial charge in [-0.05, 0) is 24.1 Å². The minimum Gasteiger partial charge on any atom is -0.480 e. The molecule has 0 unspecified atom stereocenters. The molecule has 0 saturated heterocycles. The summed E-state index contributed by atoms with van der Waals surface area (Å²) in [6.07, 6.45) is 1.71. The summed E-state index contributed by atoms with van der Waals surface area (Å²) >= 11 is 3.49. The molecule has 0 radical (unpaired) electrons. The first kappa shape index (κ1) is 13.9. The first-order chi connectivity index (χ1) is 8.02. The normalized spacial score (nSPS) is 10.5. The van der Waals surface area contributed by atoms with E-state index in [-0.39, 0.29) is 6.54 Å². The smallest absolute Gasteiger partial charge is 0.317 e. The molecule has 17 heavy (non-hydrogen) atoms. The molecule has 0 fully saturated rings. The van der Waals surface area contributed by atoms with Crippen LogP contribution in [0.2, 0.25) is 0 Å². The van der Waals surface area contributed by atoms with Crippen molar-refractivity contribution in [2.75, 3.05) is 13.1 Å². The quantitative estimate of drug-likeness (QED) is 0.821. The van der Waals surface area contributed by atoms with Crippen molar-refractivity contribution < 1.29 is 9.90 Å². The summed E-state index contributed by atoms with van der Waals surface area (Å²) in [6.45, 7) is 6.84. The Morgan fingerprint density at radius 3 is 2.82 bits per heavy atom. The highest BCUT2D eigenvalue weighted by Gasteiger charge is 2.10. The van der Waals surface area contributed by atoms with Crippen LogP contribution < -0.4 is 0 Å². The molecule has 1 aromatic rings. The molecule has 0 aliphatic carbocycles. The third-order valence-electron chi connectivity index (χ3n) is 2.35. The number of nitrogens with zero attached hydrogens (tertiary/aromatic N) is 1. The second-order valence-electron chi connectivity index (χ2n) is 3.95. The lowest BCUT2D eigenvalue weighted by molar-refractivity contribution is -0.138. The molecule has 0 heterocycles. The summed E-state index contributed by atoms with van der Waals surface area (Å²) in [5.41, 5.74) is 2.26. The maximum atomic E-state index is 10.7. The van der Waals surface area contributed by atoms with E-state index in [4.69, 9.17) is 5.11 Å². The van der Waals surface area contributed by atoms with E-state index in [2.05, 4.69) is 22.5 Å². The Morgan fingerprint density at radius 1 is 1.59 bits per heavy atom.